The minimum Gasteiger partial charge on any atom is -0.372 e. The maximum atomic E-state index is 6.40. The smallest absolute Gasteiger partial charge is 0.0687 e. The second-order valence-electron chi connectivity index (χ2n) is 6.81. The molecule has 1 heterocycles. The minimum atomic E-state index is 0.305. The van der Waals surface area contributed by atoms with E-state index < -0.39 is 0 Å². The van der Waals surface area contributed by atoms with Crippen LogP contribution in [0.1, 0.15) is 77.0 Å². The molecule has 1 aliphatic heterocycles. The lowest BCUT2D eigenvalue weighted by Gasteiger charge is -2.33. The van der Waals surface area contributed by atoms with E-state index in [9.17, 15) is 0 Å². The standard InChI is InChI=1S/C16H27ClO/c17-15(13-7-8-13)6-4-5-14-9-12-16(18-14)10-2-1-3-11-16/h13-15H,1-12H2. The Kier molecular flexibility index (Phi) is 4.20. The van der Waals surface area contributed by atoms with Crippen molar-refractivity contribution >= 4 is 11.6 Å². The van der Waals surface area contributed by atoms with Gasteiger partial charge in [0.15, 0.2) is 0 Å². The van der Waals surface area contributed by atoms with Crippen LogP contribution >= 0.6 is 11.6 Å². The monoisotopic (exact) mass is 270 g/mol. The Bertz CT molecular complexity index is 268. The lowest BCUT2D eigenvalue weighted by molar-refractivity contribution is -0.0660. The van der Waals surface area contributed by atoms with Gasteiger partial charge in [0, 0.05) is 5.38 Å². The van der Waals surface area contributed by atoms with Gasteiger partial charge in [0.1, 0.15) is 0 Å². The molecule has 0 aromatic carbocycles. The van der Waals surface area contributed by atoms with Crippen LogP contribution in [0, 0.1) is 5.92 Å². The van der Waals surface area contributed by atoms with E-state index in [1.807, 2.05) is 0 Å². The third-order valence-electron chi connectivity index (χ3n) is 5.24. The Balaban J connectivity index is 1.36. The molecule has 18 heavy (non-hydrogen) atoms. The molecule has 0 bridgehead atoms. The minimum absolute atomic E-state index is 0.305. The number of hydrogen-bond donors (Lipinski definition) is 0. The molecule has 1 spiro atoms. The largest absolute Gasteiger partial charge is 0.372 e. The van der Waals surface area contributed by atoms with Crippen LogP contribution in [0.15, 0.2) is 0 Å². The summed E-state index contributed by atoms with van der Waals surface area (Å²) in [4.78, 5) is 0. The van der Waals surface area contributed by atoms with Crippen LogP contribution in [0.4, 0.5) is 0 Å². The highest BCUT2D eigenvalue weighted by molar-refractivity contribution is 6.20. The van der Waals surface area contributed by atoms with Gasteiger partial charge in [-0.05, 0) is 63.7 Å². The van der Waals surface area contributed by atoms with Crippen molar-refractivity contribution in [3.63, 3.8) is 0 Å². The second-order valence-corrected chi connectivity index (χ2v) is 7.37. The molecule has 3 aliphatic rings. The third-order valence-corrected chi connectivity index (χ3v) is 5.82. The molecule has 2 atom stereocenters. The summed E-state index contributed by atoms with van der Waals surface area (Å²) in [6, 6.07) is 0. The summed E-state index contributed by atoms with van der Waals surface area (Å²) in [5.74, 6) is 0.848. The number of hydrogen-bond acceptors (Lipinski definition) is 1. The Morgan fingerprint density at radius 1 is 1.06 bits per heavy atom. The second kappa shape index (κ2) is 5.71. The van der Waals surface area contributed by atoms with Crippen LogP contribution in [-0.2, 0) is 4.74 Å². The molecular formula is C16H27ClO. The van der Waals surface area contributed by atoms with Gasteiger partial charge in [-0.1, -0.05) is 19.3 Å². The molecule has 2 unspecified atom stereocenters. The Hall–Kier alpha value is 0.250. The van der Waals surface area contributed by atoms with Crippen LogP contribution in [0.25, 0.3) is 0 Å². The molecule has 3 fully saturated rings. The molecule has 2 aliphatic carbocycles. The van der Waals surface area contributed by atoms with Crippen LogP contribution in [-0.4, -0.2) is 17.1 Å². The molecule has 1 saturated heterocycles. The summed E-state index contributed by atoms with van der Waals surface area (Å²) in [6.45, 7) is 0. The van der Waals surface area contributed by atoms with E-state index in [0.29, 0.717) is 17.1 Å². The number of halogens is 1. The number of rotatable bonds is 5. The first-order chi connectivity index (χ1) is 8.77. The average Bonchev–Trinajstić information content (AvgIpc) is 3.16. The SMILES string of the molecule is ClC(CCCC1CCC2(CCCCC2)O1)C1CC1. The molecule has 2 heteroatoms. The van der Waals surface area contributed by atoms with Crippen molar-refractivity contribution in [3.8, 4) is 0 Å². The van der Waals surface area contributed by atoms with Crippen molar-refractivity contribution < 1.29 is 4.74 Å². The predicted molar refractivity (Wildman–Crippen MR) is 76.1 cm³/mol. The fourth-order valence-electron chi connectivity index (χ4n) is 3.90. The molecule has 2 saturated carbocycles. The molecule has 0 radical (unpaired) electrons. The number of ether oxygens (including phenoxy) is 1. The molecule has 0 amide bonds. The third kappa shape index (κ3) is 3.22. The molecule has 3 rings (SSSR count). The van der Waals surface area contributed by atoms with E-state index in [1.165, 1.54) is 77.0 Å². The Morgan fingerprint density at radius 2 is 1.83 bits per heavy atom. The summed E-state index contributed by atoms with van der Waals surface area (Å²) in [7, 11) is 0. The lowest BCUT2D eigenvalue weighted by Crippen LogP contribution is -2.31. The van der Waals surface area contributed by atoms with Crippen molar-refractivity contribution in [1.29, 1.82) is 0 Å². The molecule has 0 N–H and O–H groups in total. The van der Waals surface area contributed by atoms with Crippen molar-refractivity contribution in [2.75, 3.05) is 0 Å². The van der Waals surface area contributed by atoms with E-state index in [4.69, 9.17) is 16.3 Å². The zero-order chi connectivity index (χ0) is 12.4. The van der Waals surface area contributed by atoms with E-state index in [-0.39, 0.29) is 0 Å². The average molecular weight is 271 g/mol. The molecule has 1 nitrogen and oxygen atoms in total. The Labute approximate surface area is 117 Å². The van der Waals surface area contributed by atoms with Crippen LogP contribution in [0.5, 0.6) is 0 Å². The number of alkyl halides is 1. The van der Waals surface area contributed by atoms with Crippen LogP contribution < -0.4 is 0 Å². The van der Waals surface area contributed by atoms with E-state index >= 15 is 0 Å². The van der Waals surface area contributed by atoms with Gasteiger partial charge in [-0.2, -0.15) is 0 Å². The predicted octanol–water partition coefficient (Wildman–Crippen LogP) is 5.06. The topological polar surface area (TPSA) is 9.23 Å². The zero-order valence-electron chi connectivity index (χ0n) is 11.5. The first-order valence-electron chi connectivity index (χ1n) is 8.09. The summed E-state index contributed by atoms with van der Waals surface area (Å²) in [5.41, 5.74) is 0.305. The van der Waals surface area contributed by atoms with Gasteiger partial charge in [0.05, 0.1) is 11.7 Å². The fraction of sp³-hybridized carbons (Fsp3) is 1.00. The summed E-state index contributed by atoms with van der Waals surface area (Å²) in [6.07, 6.45) is 16.5. The summed E-state index contributed by atoms with van der Waals surface area (Å²) < 4.78 is 6.40. The molecular weight excluding hydrogens is 244 g/mol. The van der Waals surface area contributed by atoms with E-state index in [0.717, 1.165) is 5.92 Å². The maximum absolute atomic E-state index is 6.40. The zero-order valence-corrected chi connectivity index (χ0v) is 12.3. The van der Waals surface area contributed by atoms with Crippen LogP contribution in [0.2, 0.25) is 0 Å². The first kappa shape index (κ1) is 13.2. The summed E-state index contributed by atoms with van der Waals surface area (Å²) >= 11 is 6.37. The van der Waals surface area contributed by atoms with Crippen molar-refractivity contribution in [2.45, 2.75) is 94.1 Å². The van der Waals surface area contributed by atoms with Gasteiger partial charge in [-0.25, -0.2) is 0 Å². The van der Waals surface area contributed by atoms with Crippen molar-refractivity contribution in [1.82, 2.24) is 0 Å². The first-order valence-corrected chi connectivity index (χ1v) is 8.53. The van der Waals surface area contributed by atoms with Gasteiger partial charge in [-0.3, -0.25) is 0 Å². The summed E-state index contributed by atoms with van der Waals surface area (Å²) in [5, 5.41) is 0.454. The van der Waals surface area contributed by atoms with Gasteiger partial charge >= 0.3 is 0 Å². The highest BCUT2D eigenvalue weighted by Crippen LogP contribution is 2.43. The highest BCUT2D eigenvalue weighted by atomic mass is 35.5. The van der Waals surface area contributed by atoms with Crippen molar-refractivity contribution in [3.05, 3.63) is 0 Å². The van der Waals surface area contributed by atoms with Gasteiger partial charge < -0.3 is 4.74 Å². The maximum Gasteiger partial charge on any atom is 0.0687 e. The van der Waals surface area contributed by atoms with Crippen LogP contribution in [0.3, 0.4) is 0 Å². The van der Waals surface area contributed by atoms with Gasteiger partial charge in [0.25, 0.3) is 0 Å². The van der Waals surface area contributed by atoms with E-state index in [1.54, 1.807) is 0 Å². The van der Waals surface area contributed by atoms with E-state index in [2.05, 4.69) is 0 Å². The molecule has 104 valence electrons. The van der Waals surface area contributed by atoms with Crippen molar-refractivity contribution in [2.24, 2.45) is 5.92 Å². The van der Waals surface area contributed by atoms with Gasteiger partial charge in [-0.15, -0.1) is 11.6 Å². The van der Waals surface area contributed by atoms with Gasteiger partial charge in [0.2, 0.25) is 0 Å². The molecule has 0 aromatic rings. The quantitative estimate of drug-likeness (QED) is 0.635. The fourth-order valence-corrected chi connectivity index (χ4v) is 4.30. The molecule has 0 aromatic heterocycles. The Morgan fingerprint density at radius 3 is 2.56 bits per heavy atom. The normalized spacial score (nSPS) is 32.8. The lowest BCUT2D eigenvalue weighted by atomic mass is 9.83. The highest BCUT2D eigenvalue weighted by Gasteiger charge is 2.40.